The van der Waals surface area contributed by atoms with Crippen molar-refractivity contribution in [1.82, 2.24) is 24.6 Å². The molecule has 3 aromatic rings. The molecule has 0 bridgehead atoms. The summed E-state index contributed by atoms with van der Waals surface area (Å²) in [6.07, 6.45) is 6.85. The minimum absolute atomic E-state index is 0.0429. The molecule has 1 amide bonds. The zero-order chi connectivity index (χ0) is 27.9. The third-order valence-corrected chi connectivity index (χ3v) is 8.22. The summed E-state index contributed by atoms with van der Waals surface area (Å²) in [5, 5.41) is 5.07. The fourth-order valence-electron chi connectivity index (χ4n) is 6.32. The molecule has 3 heterocycles. The molecule has 1 aromatic carbocycles. The number of nitrogens with zero attached hydrogens (tertiary/aromatic N) is 5. The summed E-state index contributed by atoms with van der Waals surface area (Å²) in [7, 11) is 0. The number of Topliss-reactive ketones (excluding diaryl/α,β-unsaturated/α-hetero) is 2. The maximum absolute atomic E-state index is 14.6. The number of alkyl halides is 1. The van der Waals surface area contributed by atoms with Crippen molar-refractivity contribution < 1.29 is 18.8 Å². The van der Waals surface area contributed by atoms with Crippen LogP contribution in [0.25, 0.3) is 22.0 Å². The van der Waals surface area contributed by atoms with E-state index in [1.165, 1.54) is 16.5 Å². The number of carbonyl (C=O) groups excluding carboxylic acids is 3. The summed E-state index contributed by atoms with van der Waals surface area (Å²) >= 11 is 0. The maximum atomic E-state index is 14.6. The number of ketones is 2. The van der Waals surface area contributed by atoms with Crippen molar-refractivity contribution in [2.75, 3.05) is 6.54 Å². The van der Waals surface area contributed by atoms with E-state index in [2.05, 4.69) is 28.9 Å². The Kier molecular flexibility index (Phi) is 7.35. The molecule has 0 N–H and O–H groups in total. The van der Waals surface area contributed by atoms with Crippen LogP contribution >= 0.6 is 0 Å². The zero-order valence-corrected chi connectivity index (χ0v) is 23.1. The fraction of sp³-hybridized carbons (Fsp3) is 0.533. The minimum Gasteiger partial charge on any atom is -0.328 e. The number of likely N-dealkylation sites (tertiary alicyclic amines) is 1. The van der Waals surface area contributed by atoms with Crippen LogP contribution in [0.3, 0.4) is 0 Å². The van der Waals surface area contributed by atoms with Crippen LogP contribution in [0.15, 0.2) is 30.6 Å². The first-order valence-corrected chi connectivity index (χ1v) is 13.8. The Morgan fingerprint density at radius 2 is 1.87 bits per heavy atom. The monoisotopic (exact) mass is 533 g/mol. The van der Waals surface area contributed by atoms with Crippen LogP contribution in [0, 0.1) is 18.3 Å². The summed E-state index contributed by atoms with van der Waals surface area (Å²) in [5.74, 6) is 0.293. The van der Waals surface area contributed by atoms with E-state index >= 15 is 0 Å². The van der Waals surface area contributed by atoms with Crippen LogP contribution in [0.1, 0.15) is 75.6 Å². The minimum atomic E-state index is -1.23. The number of carbonyl (C=O) groups is 3. The van der Waals surface area contributed by atoms with Gasteiger partial charge in [-0.1, -0.05) is 26.3 Å². The number of rotatable bonds is 7. The Labute approximate surface area is 228 Å². The van der Waals surface area contributed by atoms with E-state index < -0.39 is 12.2 Å². The van der Waals surface area contributed by atoms with Crippen molar-refractivity contribution >= 4 is 28.4 Å². The second kappa shape index (κ2) is 10.6. The molecule has 1 aliphatic carbocycles. The van der Waals surface area contributed by atoms with Crippen molar-refractivity contribution in [1.29, 1.82) is 0 Å². The topological polar surface area (TPSA) is 98.1 Å². The maximum Gasteiger partial charge on any atom is 0.245 e. The predicted molar refractivity (Wildman–Crippen MR) is 146 cm³/mol. The van der Waals surface area contributed by atoms with E-state index in [-0.39, 0.29) is 54.0 Å². The lowest BCUT2D eigenvalue weighted by atomic mass is 9.70. The Morgan fingerprint density at radius 3 is 2.56 bits per heavy atom. The standard InChI is InChI=1S/C30H36FN5O3/c1-18(37)29-24-11-21(22-14-32-19(2)33-15-22)7-8-25(24)36(34-29)17-28(39)35-16-23(31)12-26(35)27(38)10-20-6-5-9-30(3,4)13-20/h7-8,11,14-15,20,23,26H,5-6,9-10,12-13,16-17H2,1-4H3/t20?,23-,26+/m1/s1. The molecule has 2 aromatic heterocycles. The lowest BCUT2D eigenvalue weighted by Crippen LogP contribution is -2.43. The van der Waals surface area contributed by atoms with Gasteiger partial charge in [0, 0.05) is 43.1 Å². The van der Waals surface area contributed by atoms with Gasteiger partial charge in [0.15, 0.2) is 11.6 Å². The highest BCUT2D eigenvalue weighted by Gasteiger charge is 2.41. The zero-order valence-electron chi connectivity index (χ0n) is 23.1. The molecule has 1 aliphatic heterocycles. The number of aromatic nitrogens is 4. The Bertz CT molecular complexity index is 1410. The SMILES string of the molecule is CC(=O)c1nn(CC(=O)N2C[C@H](F)C[C@H]2C(=O)CC2CCCC(C)(C)C2)c2ccc(-c3cnc(C)nc3)cc12. The van der Waals surface area contributed by atoms with Gasteiger partial charge in [-0.2, -0.15) is 5.10 Å². The first kappa shape index (κ1) is 27.1. The highest BCUT2D eigenvalue weighted by atomic mass is 19.1. The van der Waals surface area contributed by atoms with Crippen LogP contribution in [0.5, 0.6) is 0 Å². The van der Waals surface area contributed by atoms with Crippen molar-refractivity contribution in [3.8, 4) is 11.1 Å². The van der Waals surface area contributed by atoms with Gasteiger partial charge in [0.05, 0.1) is 18.1 Å². The summed E-state index contributed by atoms with van der Waals surface area (Å²) in [5.41, 5.74) is 2.71. The molecule has 5 rings (SSSR count). The van der Waals surface area contributed by atoms with Gasteiger partial charge in [0.25, 0.3) is 0 Å². The van der Waals surface area contributed by atoms with E-state index in [0.717, 1.165) is 36.8 Å². The second-order valence-electron chi connectivity index (χ2n) is 12.0. The van der Waals surface area contributed by atoms with Crippen molar-refractivity contribution in [3.05, 3.63) is 42.1 Å². The van der Waals surface area contributed by atoms with Crippen molar-refractivity contribution in [2.45, 2.75) is 85.0 Å². The number of hydrogen-bond donors (Lipinski definition) is 0. The molecule has 8 nitrogen and oxygen atoms in total. The lowest BCUT2D eigenvalue weighted by Gasteiger charge is -2.35. The molecule has 0 spiro atoms. The Balaban J connectivity index is 1.37. The van der Waals surface area contributed by atoms with Gasteiger partial charge in [-0.25, -0.2) is 14.4 Å². The third-order valence-electron chi connectivity index (χ3n) is 8.22. The van der Waals surface area contributed by atoms with E-state index in [0.29, 0.717) is 23.1 Å². The van der Waals surface area contributed by atoms with Crippen molar-refractivity contribution in [3.63, 3.8) is 0 Å². The first-order valence-electron chi connectivity index (χ1n) is 13.8. The highest BCUT2D eigenvalue weighted by Crippen LogP contribution is 2.40. The summed E-state index contributed by atoms with van der Waals surface area (Å²) < 4.78 is 16.0. The molecule has 3 atom stereocenters. The van der Waals surface area contributed by atoms with Crippen LogP contribution in [0.2, 0.25) is 0 Å². The molecule has 1 saturated carbocycles. The summed E-state index contributed by atoms with van der Waals surface area (Å²) in [4.78, 5) is 49.1. The number of benzene rings is 1. The average Bonchev–Trinajstić information content (AvgIpc) is 3.44. The van der Waals surface area contributed by atoms with Crippen LogP contribution < -0.4 is 0 Å². The molecule has 0 radical (unpaired) electrons. The van der Waals surface area contributed by atoms with E-state index in [4.69, 9.17) is 0 Å². The number of amides is 1. The molecule has 2 aliphatic rings. The van der Waals surface area contributed by atoms with Gasteiger partial charge in [-0.3, -0.25) is 19.1 Å². The first-order chi connectivity index (χ1) is 18.5. The summed E-state index contributed by atoms with van der Waals surface area (Å²) in [6.45, 7) is 7.43. The van der Waals surface area contributed by atoms with Gasteiger partial charge in [0.2, 0.25) is 5.91 Å². The molecular weight excluding hydrogens is 497 g/mol. The fourth-order valence-corrected chi connectivity index (χ4v) is 6.32. The van der Waals surface area contributed by atoms with Gasteiger partial charge < -0.3 is 4.90 Å². The van der Waals surface area contributed by atoms with Gasteiger partial charge in [-0.15, -0.1) is 0 Å². The van der Waals surface area contributed by atoms with Crippen LogP contribution in [-0.4, -0.2) is 60.9 Å². The van der Waals surface area contributed by atoms with Gasteiger partial charge in [0.1, 0.15) is 24.2 Å². The number of aryl methyl sites for hydroxylation is 1. The quantitative estimate of drug-likeness (QED) is 0.391. The molecule has 9 heteroatoms. The smallest absolute Gasteiger partial charge is 0.245 e. The van der Waals surface area contributed by atoms with Crippen LogP contribution in [-0.2, 0) is 16.1 Å². The number of fused-ring (bicyclic) bond motifs is 1. The number of hydrogen-bond acceptors (Lipinski definition) is 6. The molecule has 2 fully saturated rings. The third kappa shape index (κ3) is 5.77. The molecular formula is C30H36FN5O3. The normalized spacial score (nSPS) is 22.8. The lowest BCUT2D eigenvalue weighted by molar-refractivity contribution is -0.138. The Hall–Kier alpha value is -3.49. The van der Waals surface area contributed by atoms with E-state index in [1.54, 1.807) is 12.4 Å². The average molecular weight is 534 g/mol. The predicted octanol–water partition coefficient (Wildman–Crippen LogP) is 5.12. The van der Waals surface area contributed by atoms with E-state index in [9.17, 15) is 18.8 Å². The van der Waals surface area contributed by atoms with Gasteiger partial charge in [-0.05, 0) is 55.2 Å². The van der Waals surface area contributed by atoms with E-state index in [1.807, 2.05) is 25.1 Å². The number of halogens is 1. The Morgan fingerprint density at radius 1 is 1.13 bits per heavy atom. The van der Waals surface area contributed by atoms with Crippen molar-refractivity contribution in [2.24, 2.45) is 11.3 Å². The molecule has 1 unspecified atom stereocenters. The van der Waals surface area contributed by atoms with Crippen LogP contribution in [0.4, 0.5) is 4.39 Å². The molecule has 206 valence electrons. The largest absolute Gasteiger partial charge is 0.328 e. The summed E-state index contributed by atoms with van der Waals surface area (Å²) in [6, 6.07) is 4.78. The second-order valence-corrected chi connectivity index (χ2v) is 12.0. The molecule has 1 saturated heterocycles. The highest BCUT2D eigenvalue weighted by molar-refractivity contribution is 6.06. The molecule has 39 heavy (non-hydrogen) atoms. The van der Waals surface area contributed by atoms with Gasteiger partial charge >= 0.3 is 0 Å².